The fourth-order valence-corrected chi connectivity index (χ4v) is 2.41. The van der Waals surface area contributed by atoms with E-state index in [1.54, 1.807) is 48.5 Å². The molecule has 0 aliphatic carbocycles. The zero-order valence-electron chi connectivity index (χ0n) is 12.7. The summed E-state index contributed by atoms with van der Waals surface area (Å²) in [5.74, 6) is 0.340. The second kappa shape index (κ2) is 7.37. The first-order valence-electron chi connectivity index (χ1n) is 7.62. The van der Waals surface area contributed by atoms with E-state index in [0.717, 1.165) is 0 Å². The lowest BCUT2D eigenvalue weighted by molar-refractivity contribution is -0.118. The lowest BCUT2D eigenvalue weighted by Gasteiger charge is -2.26. The van der Waals surface area contributed by atoms with Crippen LogP contribution in [-0.2, 0) is 4.74 Å². The number of hydrogen-bond donors (Lipinski definition) is 1. The van der Waals surface area contributed by atoms with Gasteiger partial charge in [-0.25, -0.2) is 0 Å². The molecular weight excluding hydrogens is 294 g/mol. The molecule has 0 saturated carbocycles. The second-order valence-corrected chi connectivity index (χ2v) is 5.33. The number of benzene rings is 2. The maximum Gasteiger partial charge on any atom is 0.195 e. The van der Waals surface area contributed by atoms with Crippen LogP contribution in [0.15, 0.2) is 54.6 Å². The van der Waals surface area contributed by atoms with Crippen LogP contribution < -0.4 is 4.84 Å². The highest BCUT2D eigenvalue weighted by Crippen LogP contribution is 2.21. The maximum atomic E-state index is 12.3. The molecule has 0 spiro atoms. The van der Waals surface area contributed by atoms with Gasteiger partial charge in [0.15, 0.2) is 5.78 Å². The molecule has 5 nitrogen and oxygen atoms in total. The van der Waals surface area contributed by atoms with Gasteiger partial charge in [-0.3, -0.25) is 4.79 Å². The summed E-state index contributed by atoms with van der Waals surface area (Å²) < 4.78 is 5.26. The van der Waals surface area contributed by atoms with Gasteiger partial charge in [-0.15, -0.1) is 5.06 Å². The van der Waals surface area contributed by atoms with E-state index in [1.807, 2.05) is 11.1 Å². The Kier molecular flexibility index (Phi) is 5.02. The Morgan fingerprint density at radius 1 is 1.04 bits per heavy atom. The number of carbonyl (C=O) groups is 1. The molecule has 23 heavy (non-hydrogen) atoms. The van der Waals surface area contributed by atoms with Crippen molar-refractivity contribution >= 4 is 5.78 Å². The Hall–Kier alpha value is -2.21. The van der Waals surface area contributed by atoms with E-state index < -0.39 is 6.10 Å². The van der Waals surface area contributed by atoms with Crippen LogP contribution in [-0.4, -0.2) is 42.3 Å². The topological polar surface area (TPSA) is 59.0 Å². The third-order valence-corrected chi connectivity index (χ3v) is 3.71. The van der Waals surface area contributed by atoms with Crippen LogP contribution in [0.4, 0.5) is 0 Å². The van der Waals surface area contributed by atoms with Crippen LogP contribution in [0.2, 0.25) is 0 Å². The third-order valence-electron chi connectivity index (χ3n) is 3.71. The summed E-state index contributed by atoms with van der Waals surface area (Å²) >= 11 is 0. The van der Waals surface area contributed by atoms with Crippen molar-refractivity contribution < 1.29 is 19.5 Å². The molecule has 1 unspecified atom stereocenters. The molecule has 0 amide bonds. The first-order valence-corrected chi connectivity index (χ1v) is 7.62. The lowest BCUT2D eigenvalue weighted by Crippen LogP contribution is -2.38. The summed E-state index contributed by atoms with van der Waals surface area (Å²) in [6, 6.07) is 15.7. The molecular formula is C18H19NO4. The molecule has 120 valence electrons. The van der Waals surface area contributed by atoms with Gasteiger partial charge in [0.2, 0.25) is 0 Å². The molecule has 0 radical (unpaired) electrons. The molecule has 1 atom stereocenters. The normalized spacial score (nSPS) is 16.7. The van der Waals surface area contributed by atoms with Gasteiger partial charge in [0, 0.05) is 5.56 Å². The molecule has 0 bridgehead atoms. The molecule has 2 aromatic carbocycles. The predicted molar refractivity (Wildman–Crippen MR) is 85.2 cm³/mol. The summed E-state index contributed by atoms with van der Waals surface area (Å²) in [6.45, 7) is 2.74. The zero-order valence-corrected chi connectivity index (χ0v) is 12.7. The van der Waals surface area contributed by atoms with Crippen molar-refractivity contribution in [2.75, 3.05) is 26.3 Å². The summed E-state index contributed by atoms with van der Waals surface area (Å²) in [6.07, 6.45) is -1.15. The Labute approximate surface area is 135 Å². The predicted octanol–water partition coefficient (Wildman–Crippen LogP) is 2.23. The fourth-order valence-electron chi connectivity index (χ4n) is 2.41. The van der Waals surface area contributed by atoms with Gasteiger partial charge in [-0.1, -0.05) is 30.3 Å². The van der Waals surface area contributed by atoms with Crippen molar-refractivity contribution in [2.24, 2.45) is 0 Å². The van der Waals surface area contributed by atoms with Gasteiger partial charge >= 0.3 is 0 Å². The van der Waals surface area contributed by atoms with Gasteiger partial charge in [-0.05, 0) is 29.8 Å². The van der Waals surface area contributed by atoms with Crippen LogP contribution >= 0.6 is 0 Å². The van der Waals surface area contributed by atoms with E-state index in [4.69, 9.17) is 9.57 Å². The van der Waals surface area contributed by atoms with Gasteiger partial charge in [-0.2, -0.15) is 0 Å². The Balaban J connectivity index is 1.65. The van der Waals surface area contributed by atoms with Crippen LogP contribution in [0.5, 0.6) is 5.75 Å². The largest absolute Gasteiger partial charge is 0.406 e. The van der Waals surface area contributed by atoms with E-state index in [1.165, 1.54) is 0 Å². The number of ether oxygens (including phenoxy) is 1. The quantitative estimate of drug-likeness (QED) is 0.858. The van der Waals surface area contributed by atoms with Crippen molar-refractivity contribution in [3.8, 4) is 5.75 Å². The number of hydrogen-bond acceptors (Lipinski definition) is 5. The smallest absolute Gasteiger partial charge is 0.195 e. The number of carbonyl (C=O) groups excluding carboxylic acids is 1. The minimum Gasteiger partial charge on any atom is -0.406 e. The van der Waals surface area contributed by atoms with Crippen molar-refractivity contribution in [1.82, 2.24) is 5.06 Å². The van der Waals surface area contributed by atoms with E-state index in [0.29, 0.717) is 43.2 Å². The van der Waals surface area contributed by atoms with Gasteiger partial charge < -0.3 is 14.7 Å². The number of nitrogens with zero attached hydrogens (tertiary/aromatic N) is 1. The standard InChI is InChI=1S/C18H19NO4/c20-17(14-4-2-1-3-5-14)18(21)15-6-8-16(9-7-15)23-19-10-12-22-13-11-19/h1-9,17,20H,10-13H2. The summed E-state index contributed by atoms with van der Waals surface area (Å²) in [7, 11) is 0. The second-order valence-electron chi connectivity index (χ2n) is 5.33. The van der Waals surface area contributed by atoms with Crippen LogP contribution in [0.3, 0.4) is 0 Å². The molecule has 3 rings (SSSR count). The molecule has 1 heterocycles. The highest BCUT2D eigenvalue weighted by atomic mass is 16.7. The first kappa shape index (κ1) is 15.7. The minimum atomic E-state index is -1.15. The van der Waals surface area contributed by atoms with Gasteiger partial charge in [0.05, 0.1) is 26.3 Å². The van der Waals surface area contributed by atoms with E-state index >= 15 is 0 Å². The molecule has 5 heteroatoms. The molecule has 1 aliphatic rings. The summed E-state index contributed by atoms with van der Waals surface area (Å²) in [4.78, 5) is 18.0. The first-order chi connectivity index (χ1) is 11.2. The highest BCUT2D eigenvalue weighted by molar-refractivity contribution is 5.99. The number of hydroxylamine groups is 2. The number of ketones is 1. The number of aliphatic hydroxyl groups excluding tert-OH is 1. The average molecular weight is 313 g/mol. The SMILES string of the molecule is O=C(c1ccc(ON2CCOCC2)cc1)C(O)c1ccccc1. The van der Waals surface area contributed by atoms with Gasteiger partial charge in [0.1, 0.15) is 11.9 Å². The van der Waals surface area contributed by atoms with Crippen molar-refractivity contribution in [1.29, 1.82) is 0 Å². The third kappa shape index (κ3) is 3.96. The van der Waals surface area contributed by atoms with E-state index in [2.05, 4.69) is 0 Å². The van der Waals surface area contributed by atoms with Crippen LogP contribution in [0, 0.1) is 0 Å². The molecule has 1 N–H and O–H groups in total. The number of rotatable bonds is 5. The Morgan fingerprint density at radius 2 is 1.70 bits per heavy atom. The molecule has 1 aliphatic heterocycles. The summed E-state index contributed by atoms with van der Waals surface area (Å²) in [5, 5.41) is 12.0. The van der Waals surface area contributed by atoms with E-state index in [9.17, 15) is 9.90 Å². The fraction of sp³-hybridized carbons (Fsp3) is 0.278. The maximum absolute atomic E-state index is 12.3. The van der Waals surface area contributed by atoms with E-state index in [-0.39, 0.29) is 5.78 Å². The van der Waals surface area contributed by atoms with Gasteiger partial charge in [0.25, 0.3) is 0 Å². The lowest BCUT2D eigenvalue weighted by atomic mass is 10.00. The minimum absolute atomic E-state index is 0.325. The number of morpholine rings is 1. The molecule has 1 fully saturated rings. The Morgan fingerprint density at radius 3 is 2.35 bits per heavy atom. The van der Waals surface area contributed by atoms with Crippen molar-refractivity contribution in [3.05, 3.63) is 65.7 Å². The Bertz CT molecular complexity index is 636. The van der Waals surface area contributed by atoms with Crippen molar-refractivity contribution in [2.45, 2.75) is 6.10 Å². The number of aliphatic hydroxyl groups is 1. The highest BCUT2D eigenvalue weighted by Gasteiger charge is 2.19. The van der Waals surface area contributed by atoms with Crippen LogP contribution in [0.25, 0.3) is 0 Å². The molecule has 1 saturated heterocycles. The monoisotopic (exact) mass is 313 g/mol. The number of Topliss-reactive ketones (excluding diaryl/α,β-unsaturated/α-hetero) is 1. The van der Waals surface area contributed by atoms with Crippen LogP contribution in [0.1, 0.15) is 22.0 Å². The van der Waals surface area contributed by atoms with Crippen molar-refractivity contribution in [3.63, 3.8) is 0 Å². The summed E-state index contributed by atoms with van der Waals surface area (Å²) in [5.41, 5.74) is 1.04. The molecule has 2 aromatic rings. The average Bonchev–Trinajstić information content (AvgIpc) is 2.63. The zero-order chi connectivity index (χ0) is 16.1. The molecule has 0 aromatic heterocycles.